The van der Waals surface area contributed by atoms with Crippen molar-refractivity contribution in [2.75, 3.05) is 5.32 Å². The van der Waals surface area contributed by atoms with E-state index in [1.165, 1.54) is 6.33 Å². The molecule has 3 rings (SSSR count). The third kappa shape index (κ3) is 1.01. The molecule has 0 aliphatic carbocycles. The zero-order chi connectivity index (χ0) is 9.38. The number of nitrogens with one attached hydrogen (secondary N) is 1. The number of ether oxygens (including phenoxy) is 1. The minimum absolute atomic E-state index is 0.659. The van der Waals surface area contributed by atoms with E-state index in [4.69, 9.17) is 4.74 Å². The largest absolute Gasteiger partial charge is 0.450 e. The molecule has 1 aromatic heterocycles. The Morgan fingerprint density at radius 2 is 2.07 bits per heavy atom. The fourth-order valence-corrected chi connectivity index (χ4v) is 1.39. The lowest BCUT2D eigenvalue weighted by atomic mass is 10.2. The van der Waals surface area contributed by atoms with Crippen molar-refractivity contribution in [2.45, 2.75) is 0 Å². The molecule has 14 heavy (non-hydrogen) atoms. The molecule has 2 aromatic rings. The van der Waals surface area contributed by atoms with Crippen LogP contribution in [0.1, 0.15) is 0 Å². The van der Waals surface area contributed by atoms with Crippen molar-refractivity contribution in [3.8, 4) is 11.5 Å². The van der Waals surface area contributed by atoms with E-state index in [1.54, 1.807) is 6.20 Å². The second-order valence-electron chi connectivity index (χ2n) is 2.96. The van der Waals surface area contributed by atoms with Gasteiger partial charge in [-0.25, -0.2) is 9.97 Å². The maximum atomic E-state index is 5.59. The maximum Gasteiger partial charge on any atom is 0.188 e. The van der Waals surface area contributed by atoms with E-state index in [9.17, 15) is 0 Å². The van der Waals surface area contributed by atoms with Crippen LogP contribution in [0.3, 0.4) is 0 Å². The molecular weight excluding hydrogens is 178 g/mol. The summed E-state index contributed by atoms with van der Waals surface area (Å²) in [6.07, 6.45) is 3.13. The zero-order valence-electron chi connectivity index (χ0n) is 7.27. The predicted molar refractivity (Wildman–Crippen MR) is 51.8 cm³/mol. The first-order chi connectivity index (χ1) is 6.93. The Morgan fingerprint density at radius 1 is 1.14 bits per heavy atom. The Morgan fingerprint density at radius 3 is 3.07 bits per heavy atom. The van der Waals surface area contributed by atoms with Crippen molar-refractivity contribution in [1.29, 1.82) is 0 Å². The molecule has 0 saturated carbocycles. The summed E-state index contributed by atoms with van der Waals surface area (Å²) in [7, 11) is 0. The number of anilines is 2. The average Bonchev–Trinajstić information content (AvgIpc) is 2.26. The molecule has 0 bridgehead atoms. The third-order valence-electron chi connectivity index (χ3n) is 2.04. The lowest BCUT2D eigenvalue weighted by Gasteiger charge is -2.19. The summed E-state index contributed by atoms with van der Waals surface area (Å²) in [5.74, 6) is 2.17. The molecule has 0 unspecified atom stereocenters. The van der Waals surface area contributed by atoms with Gasteiger partial charge in [-0.15, -0.1) is 0 Å². The summed E-state index contributed by atoms with van der Waals surface area (Å²) in [5, 5.41) is 3.16. The number of rotatable bonds is 0. The minimum Gasteiger partial charge on any atom is -0.450 e. The number of benzene rings is 1. The standard InChI is InChI=1S/C10H7N3O/c1-2-4-8-7(3-1)13-10-9(14-8)5-11-6-12-10/h1-6H,(H,11,12,13). The van der Waals surface area contributed by atoms with E-state index in [1.807, 2.05) is 24.3 Å². The van der Waals surface area contributed by atoms with Crippen LogP contribution in [0.5, 0.6) is 11.5 Å². The van der Waals surface area contributed by atoms with Crippen LogP contribution in [-0.4, -0.2) is 9.97 Å². The van der Waals surface area contributed by atoms with Crippen LogP contribution in [0.25, 0.3) is 0 Å². The molecule has 1 aliphatic rings. The first-order valence-corrected chi connectivity index (χ1v) is 4.27. The summed E-state index contributed by atoms with van der Waals surface area (Å²) >= 11 is 0. The molecule has 0 amide bonds. The lowest BCUT2D eigenvalue weighted by molar-refractivity contribution is 0.476. The number of nitrogens with zero attached hydrogens (tertiary/aromatic N) is 2. The fourth-order valence-electron chi connectivity index (χ4n) is 1.39. The molecule has 1 aliphatic heterocycles. The highest BCUT2D eigenvalue weighted by atomic mass is 16.5. The SMILES string of the molecule is c1ccc2c(c1)Nc1ncncc1O2. The second-order valence-corrected chi connectivity index (χ2v) is 2.96. The molecule has 0 atom stereocenters. The van der Waals surface area contributed by atoms with E-state index in [-0.39, 0.29) is 0 Å². The number of para-hydroxylation sites is 2. The van der Waals surface area contributed by atoms with Crippen LogP contribution >= 0.6 is 0 Å². The van der Waals surface area contributed by atoms with E-state index in [2.05, 4.69) is 15.3 Å². The van der Waals surface area contributed by atoms with Crippen LogP contribution in [-0.2, 0) is 0 Å². The van der Waals surface area contributed by atoms with Crippen LogP contribution in [0, 0.1) is 0 Å². The summed E-state index contributed by atoms with van der Waals surface area (Å²) in [4.78, 5) is 7.97. The van der Waals surface area contributed by atoms with Gasteiger partial charge >= 0.3 is 0 Å². The fraction of sp³-hybridized carbons (Fsp3) is 0. The van der Waals surface area contributed by atoms with Gasteiger partial charge in [0.15, 0.2) is 17.3 Å². The summed E-state index contributed by atoms with van der Waals surface area (Å²) in [5.41, 5.74) is 0.929. The molecule has 4 heteroatoms. The Kier molecular flexibility index (Phi) is 1.41. The maximum absolute atomic E-state index is 5.59. The van der Waals surface area contributed by atoms with E-state index >= 15 is 0 Å². The lowest BCUT2D eigenvalue weighted by Crippen LogP contribution is -2.04. The van der Waals surface area contributed by atoms with E-state index < -0.39 is 0 Å². The number of fused-ring (bicyclic) bond motifs is 2. The molecular formula is C10H7N3O. The molecule has 1 N–H and O–H groups in total. The second kappa shape index (κ2) is 2.70. The molecule has 0 spiro atoms. The third-order valence-corrected chi connectivity index (χ3v) is 2.04. The molecule has 0 radical (unpaired) electrons. The van der Waals surface area contributed by atoms with E-state index in [0.29, 0.717) is 11.6 Å². The number of aromatic nitrogens is 2. The van der Waals surface area contributed by atoms with Gasteiger partial charge in [-0.3, -0.25) is 0 Å². The van der Waals surface area contributed by atoms with E-state index in [0.717, 1.165) is 11.4 Å². The molecule has 4 nitrogen and oxygen atoms in total. The van der Waals surface area contributed by atoms with Crippen molar-refractivity contribution in [3.05, 3.63) is 36.8 Å². The molecule has 2 heterocycles. The Balaban J connectivity index is 2.12. The first-order valence-electron chi connectivity index (χ1n) is 4.27. The van der Waals surface area contributed by atoms with Crippen LogP contribution in [0.15, 0.2) is 36.8 Å². The first kappa shape index (κ1) is 7.32. The van der Waals surface area contributed by atoms with Crippen LogP contribution in [0.2, 0.25) is 0 Å². The Labute approximate surface area is 80.6 Å². The van der Waals surface area contributed by atoms with Gasteiger partial charge in [-0.05, 0) is 12.1 Å². The quantitative estimate of drug-likeness (QED) is 0.583. The van der Waals surface area contributed by atoms with Gasteiger partial charge in [0.05, 0.1) is 11.9 Å². The number of hydrogen-bond donors (Lipinski definition) is 1. The number of hydrogen-bond acceptors (Lipinski definition) is 4. The minimum atomic E-state index is 0.659. The highest BCUT2D eigenvalue weighted by Gasteiger charge is 2.15. The van der Waals surface area contributed by atoms with Gasteiger partial charge in [0.25, 0.3) is 0 Å². The summed E-state index contributed by atoms with van der Waals surface area (Å²) in [6, 6.07) is 7.72. The van der Waals surface area contributed by atoms with Gasteiger partial charge in [0, 0.05) is 0 Å². The van der Waals surface area contributed by atoms with Crippen molar-refractivity contribution in [3.63, 3.8) is 0 Å². The smallest absolute Gasteiger partial charge is 0.188 e. The average molecular weight is 185 g/mol. The summed E-state index contributed by atoms with van der Waals surface area (Å²) < 4.78 is 5.59. The Hall–Kier alpha value is -2.10. The topological polar surface area (TPSA) is 47.0 Å². The van der Waals surface area contributed by atoms with Gasteiger partial charge in [0.2, 0.25) is 0 Å². The van der Waals surface area contributed by atoms with Crippen molar-refractivity contribution < 1.29 is 4.74 Å². The Bertz CT molecular complexity index is 397. The highest BCUT2D eigenvalue weighted by Crippen LogP contribution is 2.39. The van der Waals surface area contributed by atoms with Crippen molar-refractivity contribution in [1.82, 2.24) is 9.97 Å². The van der Waals surface area contributed by atoms with Gasteiger partial charge in [-0.1, -0.05) is 12.1 Å². The van der Waals surface area contributed by atoms with Gasteiger partial charge in [-0.2, -0.15) is 0 Å². The molecule has 0 saturated heterocycles. The highest BCUT2D eigenvalue weighted by molar-refractivity contribution is 5.71. The van der Waals surface area contributed by atoms with Crippen LogP contribution in [0.4, 0.5) is 11.5 Å². The normalized spacial score (nSPS) is 12.0. The van der Waals surface area contributed by atoms with Gasteiger partial charge < -0.3 is 10.1 Å². The van der Waals surface area contributed by atoms with Crippen molar-refractivity contribution >= 4 is 11.5 Å². The molecule has 68 valence electrons. The molecule has 1 aromatic carbocycles. The summed E-state index contributed by atoms with van der Waals surface area (Å²) in [6.45, 7) is 0. The van der Waals surface area contributed by atoms with Gasteiger partial charge in [0.1, 0.15) is 6.33 Å². The van der Waals surface area contributed by atoms with Crippen LogP contribution < -0.4 is 10.1 Å². The van der Waals surface area contributed by atoms with Crippen molar-refractivity contribution in [2.24, 2.45) is 0 Å². The molecule has 0 fully saturated rings. The monoisotopic (exact) mass is 185 g/mol. The predicted octanol–water partition coefficient (Wildman–Crippen LogP) is 2.33. The zero-order valence-corrected chi connectivity index (χ0v) is 7.27.